The Morgan fingerprint density at radius 2 is 1.35 bits per heavy atom. The predicted octanol–water partition coefficient (Wildman–Crippen LogP) is 2.28. The van der Waals surface area contributed by atoms with Gasteiger partial charge < -0.3 is 15.5 Å². The van der Waals surface area contributed by atoms with E-state index in [1.54, 1.807) is 9.80 Å². The van der Waals surface area contributed by atoms with Crippen LogP contribution in [0.3, 0.4) is 0 Å². The molecule has 5 nitrogen and oxygen atoms in total. The van der Waals surface area contributed by atoms with E-state index in [1.165, 1.54) is 0 Å². The molecule has 2 rings (SSSR count). The van der Waals surface area contributed by atoms with Crippen LogP contribution >= 0.6 is 0 Å². The van der Waals surface area contributed by atoms with Gasteiger partial charge in [0.25, 0.3) is 0 Å². The molecule has 2 heterocycles. The van der Waals surface area contributed by atoms with Crippen LogP contribution in [0, 0.1) is 0 Å². The van der Waals surface area contributed by atoms with E-state index in [0.29, 0.717) is 0 Å². The van der Waals surface area contributed by atoms with Crippen LogP contribution in [-0.4, -0.2) is 50.8 Å². The zero-order valence-corrected chi connectivity index (χ0v) is 15.6. The Morgan fingerprint density at radius 3 is 1.78 bits per heavy atom. The Labute approximate surface area is 140 Å². The molecule has 5 heteroatoms. The summed E-state index contributed by atoms with van der Waals surface area (Å²) in [6.45, 7) is 12.2. The summed E-state index contributed by atoms with van der Waals surface area (Å²) in [6, 6.07) is 0.328. The number of carbonyl (C=O) groups is 2. The third-order valence-corrected chi connectivity index (χ3v) is 5.55. The Balaban J connectivity index is 2.28. The van der Waals surface area contributed by atoms with E-state index in [9.17, 15) is 9.59 Å². The molecule has 0 aromatic carbocycles. The van der Waals surface area contributed by atoms with Crippen LogP contribution in [0.15, 0.2) is 0 Å². The molecule has 0 saturated carbocycles. The number of carbonyl (C=O) groups excluding carboxylic acids is 2. The van der Waals surface area contributed by atoms with E-state index in [2.05, 4.69) is 0 Å². The van der Waals surface area contributed by atoms with Gasteiger partial charge in [-0.25, -0.2) is 0 Å². The van der Waals surface area contributed by atoms with Crippen LogP contribution in [0.25, 0.3) is 0 Å². The number of piperidine rings is 2. The summed E-state index contributed by atoms with van der Waals surface area (Å²) in [7, 11) is 0. The van der Waals surface area contributed by atoms with Gasteiger partial charge in [-0.05, 0) is 73.6 Å². The second-order valence-electron chi connectivity index (χ2n) is 8.78. The number of hydrogen-bond donors (Lipinski definition) is 1. The van der Waals surface area contributed by atoms with Gasteiger partial charge in [0.05, 0.1) is 0 Å². The smallest absolute Gasteiger partial charge is 0.313 e. The Bertz CT molecular complexity index is 459. The monoisotopic (exact) mass is 323 g/mol. The van der Waals surface area contributed by atoms with Crippen molar-refractivity contribution in [2.24, 2.45) is 5.73 Å². The molecule has 132 valence electrons. The van der Waals surface area contributed by atoms with Gasteiger partial charge in [-0.3, -0.25) is 9.59 Å². The topological polar surface area (TPSA) is 66.6 Å². The van der Waals surface area contributed by atoms with Gasteiger partial charge in [-0.1, -0.05) is 0 Å². The summed E-state index contributed by atoms with van der Waals surface area (Å²) in [5, 5.41) is 0. The molecule has 2 N–H and O–H groups in total. The lowest BCUT2D eigenvalue weighted by Crippen LogP contribution is -2.68. The molecular weight excluding hydrogens is 290 g/mol. The van der Waals surface area contributed by atoms with Gasteiger partial charge >= 0.3 is 11.8 Å². The lowest BCUT2D eigenvalue weighted by Gasteiger charge is -2.55. The molecule has 2 amide bonds. The quantitative estimate of drug-likeness (QED) is 0.696. The van der Waals surface area contributed by atoms with Gasteiger partial charge in [0, 0.05) is 29.2 Å². The number of nitrogens with zero attached hydrogens (tertiary/aromatic N) is 2. The van der Waals surface area contributed by atoms with Crippen LogP contribution in [0.2, 0.25) is 0 Å². The fourth-order valence-electron chi connectivity index (χ4n) is 4.93. The molecular formula is C18H33N3O2. The largest absolute Gasteiger partial charge is 0.329 e. The van der Waals surface area contributed by atoms with Crippen molar-refractivity contribution in [3.63, 3.8) is 0 Å². The molecule has 0 bridgehead atoms. The highest BCUT2D eigenvalue weighted by molar-refractivity contribution is 6.35. The van der Waals surface area contributed by atoms with Crippen LogP contribution in [0.4, 0.5) is 0 Å². The standard InChI is InChI=1S/C18H33N3O2/c1-12-8-7-9-13(2)20(12)15(22)16(23)21-17(3,4)10-14(19)11-18(21,5)6/h12-14H,7-11,19H2,1-6H3. The highest BCUT2D eigenvalue weighted by Crippen LogP contribution is 2.38. The van der Waals surface area contributed by atoms with E-state index in [0.717, 1.165) is 32.1 Å². The van der Waals surface area contributed by atoms with E-state index in [1.807, 2.05) is 41.5 Å². The molecule has 2 saturated heterocycles. The van der Waals surface area contributed by atoms with Gasteiger partial charge in [-0.15, -0.1) is 0 Å². The number of nitrogens with two attached hydrogens (primary N) is 1. The Hall–Kier alpha value is -1.10. The third-order valence-electron chi connectivity index (χ3n) is 5.55. The van der Waals surface area contributed by atoms with E-state index in [-0.39, 0.29) is 29.9 Å². The minimum atomic E-state index is -0.407. The first-order chi connectivity index (χ1) is 10.5. The van der Waals surface area contributed by atoms with E-state index in [4.69, 9.17) is 5.73 Å². The molecule has 23 heavy (non-hydrogen) atoms. The van der Waals surface area contributed by atoms with Crippen molar-refractivity contribution in [3.8, 4) is 0 Å². The first-order valence-electron chi connectivity index (χ1n) is 8.90. The van der Waals surface area contributed by atoms with Crippen molar-refractivity contribution >= 4 is 11.8 Å². The Kier molecular flexibility index (Phi) is 4.82. The van der Waals surface area contributed by atoms with Gasteiger partial charge in [0.15, 0.2) is 0 Å². The van der Waals surface area contributed by atoms with Crippen molar-refractivity contribution in [1.29, 1.82) is 0 Å². The molecule has 0 aliphatic carbocycles. The lowest BCUT2D eigenvalue weighted by molar-refractivity contribution is -0.166. The fraction of sp³-hybridized carbons (Fsp3) is 0.889. The van der Waals surface area contributed by atoms with Crippen LogP contribution in [0.5, 0.6) is 0 Å². The van der Waals surface area contributed by atoms with Crippen molar-refractivity contribution in [2.75, 3.05) is 0 Å². The first-order valence-corrected chi connectivity index (χ1v) is 8.90. The minimum absolute atomic E-state index is 0.0620. The number of rotatable bonds is 0. The number of hydrogen-bond acceptors (Lipinski definition) is 3. The van der Waals surface area contributed by atoms with Crippen LogP contribution in [0.1, 0.15) is 73.6 Å². The second-order valence-corrected chi connectivity index (χ2v) is 8.78. The summed E-state index contributed by atoms with van der Waals surface area (Å²) >= 11 is 0. The van der Waals surface area contributed by atoms with Crippen molar-refractivity contribution in [3.05, 3.63) is 0 Å². The van der Waals surface area contributed by atoms with Crippen molar-refractivity contribution < 1.29 is 9.59 Å². The molecule has 2 atom stereocenters. The SMILES string of the molecule is CC1CCCC(C)N1C(=O)C(=O)N1C(C)(C)CC(N)CC1(C)C. The average Bonchev–Trinajstić information content (AvgIpc) is 2.34. The molecule has 0 spiro atoms. The van der Waals surface area contributed by atoms with Crippen LogP contribution < -0.4 is 5.73 Å². The first kappa shape index (κ1) is 18.2. The molecule has 0 aromatic rings. The fourth-order valence-corrected chi connectivity index (χ4v) is 4.93. The van der Waals surface area contributed by atoms with Gasteiger partial charge in [-0.2, -0.15) is 0 Å². The number of likely N-dealkylation sites (tertiary alicyclic amines) is 2. The van der Waals surface area contributed by atoms with Gasteiger partial charge in [0.2, 0.25) is 0 Å². The summed E-state index contributed by atoms with van der Waals surface area (Å²) in [4.78, 5) is 29.7. The van der Waals surface area contributed by atoms with Crippen molar-refractivity contribution in [2.45, 2.75) is 103 Å². The van der Waals surface area contributed by atoms with Gasteiger partial charge in [0.1, 0.15) is 0 Å². The molecule has 2 fully saturated rings. The summed E-state index contributed by atoms with van der Waals surface area (Å²) in [6.07, 6.45) is 4.51. The molecule has 2 unspecified atom stereocenters. The highest BCUT2D eigenvalue weighted by atomic mass is 16.2. The molecule has 0 radical (unpaired) electrons. The average molecular weight is 323 g/mol. The zero-order chi connectivity index (χ0) is 17.6. The maximum atomic E-state index is 13.1. The summed E-state index contributed by atoms with van der Waals surface area (Å²) in [5.41, 5.74) is 5.36. The minimum Gasteiger partial charge on any atom is -0.329 e. The molecule has 0 aromatic heterocycles. The lowest BCUT2D eigenvalue weighted by atomic mass is 9.77. The third kappa shape index (κ3) is 3.39. The second kappa shape index (κ2) is 6.08. The zero-order valence-electron chi connectivity index (χ0n) is 15.6. The number of amides is 2. The van der Waals surface area contributed by atoms with Crippen molar-refractivity contribution in [1.82, 2.24) is 9.80 Å². The summed E-state index contributed by atoms with van der Waals surface area (Å²) in [5.74, 6) is -0.714. The maximum Gasteiger partial charge on any atom is 0.313 e. The maximum absolute atomic E-state index is 13.1. The molecule has 2 aliphatic rings. The predicted molar refractivity (Wildman–Crippen MR) is 91.8 cm³/mol. The van der Waals surface area contributed by atoms with E-state index >= 15 is 0 Å². The highest BCUT2D eigenvalue weighted by Gasteiger charge is 2.50. The normalized spacial score (nSPS) is 31.1. The van der Waals surface area contributed by atoms with Crippen LogP contribution in [-0.2, 0) is 9.59 Å². The molecule has 2 aliphatic heterocycles. The summed E-state index contributed by atoms with van der Waals surface area (Å²) < 4.78 is 0. The van der Waals surface area contributed by atoms with E-state index < -0.39 is 11.1 Å². The Morgan fingerprint density at radius 1 is 0.913 bits per heavy atom.